The summed E-state index contributed by atoms with van der Waals surface area (Å²) in [6, 6.07) is 8.38. The van der Waals surface area contributed by atoms with Crippen molar-refractivity contribution < 1.29 is 0 Å². The van der Waals surface area contributed by atoms with Gasteiger partial charge in [0, 0.05) is 12.2 Å². The first-order chi connectivity index (χ1) is 6.83. The minimum Gasteiger partial charge on any atom is -0.382 e. The highest BCUT2D eigenvalue weighted by molar-refractivity contribution is 5.45. The normalized spacial score (nSPS) is 11.3. The lowest BCUT2D eigenvalue weighted by Crippen LogP contribution is -1.97. The van der Waals surface area contributed by atoms with E-state index in [9.17, 15) is 0 Å². The first kappa shape index (κ1) is 10.6. The zero-order valence-electron chi connectivity index (χ0n) is 8.83. The highest BCUT2D eigenvalue weighted by Crippen LogP contribution is 2.08. The first-order valence-corrected chi connectivity index (χ1v) is 4.91. The van der Waals surface area contributed by atoms with Crippen LogP contribution in [0.3, 0.4) is 0 Å². The molecular formula is C13H17N. The van der Waals surface area contributed by atoms with E-state index in [2.05, 4.69) is 42.6 Å². The van der Waals surface area contributed by atoms with Gasteiger partial charge in [-0.25, -0.2) is 0 Å². The fourth-order valence-electron chi connectivity index (χ4n) is 1.19. The SMILES string of the molecule is C/C=C\C=C/CNc1cccc(C)c1. The molecule has 74 valence electrons. The van der Waals surface area contributed by atoms with Crippen molar-refractivity contribution in [3.8, 4) is 0 Å². The van der Waals surface area contributed by atoms with E-state index in [0.717, 1.165) is 6.54 Å². The number of aryl methyl sites for hydroxylation is 1. The number of rotatable bonds is 4. The molecule has 0 aliphatic heterocycles. The highest BCUT2D eigenvalue weighted by Gasteiger charge is 1.88. The van der Waals surface area contributed by atoms with Crippen molar-refractivity contribution in [1.82, 2.24) is 0 Å². The van der Waals surface area contributed by atoms with Crippen molar-refractivity contribution in [2.24, 2.45) is 0 Å². The van der Waals surface area contributed by atoms with Gasteiger partial charge in [-0.15, -0.1) is 0 Å². The Morgan fingerprint density at radius 1 is 1.29 bits per heavy atom. The molecule has 0 atom stereocenters. The molecular weight excluding hydrogens is 170 g/mol. The predicted octanol–water partition coefficient (Wildman–Crippen LogP) is 3.54. The van der Waals surface area contributed by atoms with E-state index in [-0.39, 0.29) is 0 Å². The van der Waals surface area contributed by atoms with Gasteiger partial charge in [-0.3, -0.25) is 0 Å². The van der Waals surface area contributed by atoms with Gasteiger partial charge in [0.2, 0.25) is 0 Å². The largest absolute Gasteiger partial charge is 0.382 e. The molecule has 0 amide bonds. The van der Waals surface area contributed by atoms with Crippen LogP contribution in [0.1, 0.15) is 12.5 Å². The van der Waals surface area contributed by atoms with Gasteiger partial charge in [0.05, 0.1) is 0 Å². The zero-order chi connectivity index (χ0) is 10.2. The maximum Gasteiger partial charge on any atom is 0.0345 e. The van der Waals surface area contributed by atoms with Crippen molar-refractivity contribution in [1.29, 1.82) is 0 Å². The minimum absolute atomic E-state index is 0.869. The van der Waals surface area contributed by atoms with Gasteiger partial charge in [0.25, 0.3) is 0 Å². The monoisotopic (exact) mass is 187 g/mol. The lowest BCUT2D eigenvalue weighted by atomic mass is 10.2. The number of benzene rings is 1. The summed E-state index contributed by atoms with van der Waals surface area (Å²) in [6.07, 6.45) is 8.19. The first-order valence-electron chi connectivity index (χ1n) is 4.91. The van der Waals surface area contributed by atoms with Crippen LogP contribution in [0.2, 0.25) is 0 Å². The fraction of sp³-hybridized carbons (Fsp3) is 0.231. The number of allylic oxidation sites excluding steroid dienone is 3. The maximum absolute atomic E-state index is 3.32. The van der Waals surface area contributed by atoms with E-state index >= 15 is 0 Å². The Bertz CT molecular complexity index is 324. The summed E-state index contributed by atoms with van der Waals surface area (Å²) in [5.41, 5.74) is 2.46. The summed E-state index contributed by atoms with van der Waals surface area (Å²) < 4.78 is 0. The second-order valence-corrected chi connectivity index (χ2v) is 3.20. The number of nitrogens with one attached hydrogen (secondary N) is 1. The molecule has 0 fully saturated rings. The molecule has 0 unspecified atom stereocenters. The molecule has 0 bridgehead atoms. The second kappa shape index (κ2) is 6.03. The van der Waals surface area contributed by atoms with Crippen LogP contribution in [0.4, 0.5) is 5.69 Å². The molecule has 1 nitrogen and oxygen atoms in total. The number of anilines is 1. The molecule has 0 radical (unpaired) electrons. The van der Waals surface area contributed by atoms with E-state index in [1.807, 2.05) is 25.2 Å². The quantitative estimate of drug-likeness (QED) is 0.711. The molecule has 0 aliphatic rings. The lowest BCUT2D eigenvalue weighted by Gasteiger charge is -2.03. The summed E-state index contributed by atoms with van der Waals surface area (Å²) in [5, 5.41) is 3.32. The van der Waals surface area contributed by atoms with Crippen LogP contribution in [-0.2, 0) is 0 Å². The van der Waals surface area contributed by atoms with Crippen LogP contribution in [0.15, 0.2) is 48.6 Å². The molecule has 0 aliphatic carbocycles. The number of hydrogen-bond acceptors (Lipinski definition) is 1. The summed E-state index contributed by atoms with van der Waals surface area (Å²) in [4.78, 5) is 0. The average molecular weight is 187 g/mol. The Hall–Kier alpha value is -1.50. The van der Waals surface area contributed by atoms with Crippen LogP contribution in [0.25, 0.3) is 0 Å². The molecule has 14 heavy (non-hydrogen) atoms. The predicted molar refractivity (Wildman–Crippen MR) is 63.6 cm³/mol. The smallest absolute Gasteiger partial charge is 0.0345 e. The maximum atomic E-state index is 3.32. The Labute approximate surface area is 86.2 Å². The van der Waals surface area contributed by atoms with E-state index in [0.29, 0.717) is 0 Å². The molecule has 1 heteroatoms. The average Bonchev–Trinajstić information content (AvgIpc) is 2.18. The minimum atomic E-state index is 0.869. The lowest BCUT2D eigenvalue weighted by molar-refractivity contribution is 1.32. The summed E-state index contributed by atoms with van der Waals surface area (Å²) >= 11 is 0. The van der Waals surface area contributed by atoms with Gasteiger partial charge < -0.3 is 5.32 Å². The molecule has 0 heterocycles. The van der Waals surface area contributed by atoms with Gasteiger partial charge in [-0.05, 0) is 31.5 Å². The van der Waals surface area contributed by atoms with Crippen molar-refractivity contribution in [3.05, 3.63) is 54.1 Å². The molecule has 0 aromatic heterocycles. The van der Waals surface area contributed by atoms with Gasteiger partial charge in [-0.2, -0.15) is 0 Å². The summed E-state index contributed by atoms with van der Waals surface area (Å²) in [5.74, 6) is 0. The molecule has 0 spiro atoms. The second-order valence-electron chi connectivity index (χ2n) is 3.20. The third kappa shape index (κ3) is 3.94. The molecule has 1 N–H and O–H groups in total. The van der Waals surface area contributed by atoms with Crippen molar-refractivity contribution in [2.75, 3.05) is 11.9 Å². The van der Waals surface area contributed by atoms with Crippen molar-refractivity contribution in [3.63, 3.8) is 0 Å². The zero-order valence-corrected chi connectivity index (χ0v) is 8.83. The molecule has 1 aromatic carbocycles. The Morgan fingerprint density at radius 2 is 2.14 bits per heavy atom. The Balaban J connectivity index is 2.38. The molecule has 1 aromatic rings. The van der Waals surface area contributed by atoms with Crippen molar-refractivity contribution in [2.45, 2.75) is 13.8 Å². The standard InChI is InChI=1S/C13H17N/c1-3-4-5-6-10-14-13-9-7-8-12(2)11-13/h3-9,11,14H,10H2,1-2H3/b4-3-,6-5-. The topological polar surface area (TPSA) is 12.0 Å². The molecule has 1 rings (SSSR count). The van der Waals surface area contributed by atoms with Gasteiger partial charge in [0.15, 0.2) is 0 Å². The van der Waals surface area contributed by atoms with Crippen LogP contribution in [0, 0.1) is 6.92 Å². The highest BCUT2D eigenvalue weighted by atomic mass is 14.8. The summed E-state index contributed by atoms with van der Waals surface area (Å²) in [6.45, 7) is 4.98. The van der Waals surface area contributed by atoms with Crippen LogP contribution in [-0.4, -0.2) is 6.54 Å². The van der Waals surface area contributed by atoms with E-state index in [1.54, 1.807) is 0 Å². The number of hydrogen-bond donors (Lipinski definition) is 1. The van der Waals surface area contributed by atoms with Gasteiger partial charge in [0.1, 0.15) is 0 Å². The third-order valence-corrected chi connectivity index (χ3v) is 1.88. The fourth-order valence-corrected chi connectivity index (χ4v) is 1.19. The van der Waals surface area contributed by atoms with Gasteiger partial charge in [-0.1, -0.05) is 36.4 Å². The van der Waals surface area contributed by atoms with E-state index in [1.165, 1.54) is 11.3 Å². The van der Waals surface area contributed by atoms with Crippen LogP contribution >= 0.6 is 0 Å². The Morgan fingerprint density at radius 3 is 2.86 bits per heavy atom. The molecule has 0 saturated carbocycles. The third-order valence-electron chi connectivity index (χ3n) is 1.88. The van der Waals surface area contributed by atoms with E-state index < -0.39 is 0 Å². The van der Waals surface area contributed by atoms with Crippen molar-refractivity contribution >= 4 is 5.69 Å². The molecule has 0 saturated heterocycles. The summed E-state index contributed by atoms with van der Waals surface area (Å²) in [7, 11) is 0. The van der Waals surface area contributed by atoms with Crippen LogP contribution in [0.5, 0.6) is 0 Å². The van der Waals surface area contributed by atoms with Gasteiger partial charge >= 0.3 is 0 Å². The Kier molecular flexibility index (Phi) is 4.56. The van der Waals surface area contributed by atoms with E-state index in [4.69, 9.17) is 0 Å². The van der Waals surface area contributed by atoms with Crippen LogP contribution < -0.4 is 5.32 Å².